The molecule has 1 N–H and O–H groups in total. The number of hydrogen-bond acceptors (Lipinski definition) is 4. The van der Waals surface area contributed by atoms with E-state index in [0.717, 1.165) is 11.1 Å². The quantitative estimate of drug-likeness (QED) is 0.505. The van der Waals surface area contributed by atoms with Crippen molar-refractivity contribution in [1.82, 2.24) is 10.2 Å². The third-order valence-electron chi connectivity index (χ3n) is 4.30. The Bertz CT molecular complexity index is 985. The first kappa shape index (κ1) is 20.9. The highest BCUT2D eigenvalue weighted by molar-refractivity contribution is 9.10. The van der Waals surface area contributed by atoms with Gasteiger partial charge < -0.3 is 14.8 Å². The SMILES string of the molecule is COc1cc(/C=C2/NC(=O)N(Cc3cccc(C)c3)C2=O)cc(Br)c1OC(C)C. The molecular formula is C22H23BrN2O4. The average molecular weight is 459 g/mol. The minimum absolute atomic E-state index is 0.0183. The van der Waals surface area contributed by atoms with Crippen molar-refractivity contribution in [1.29, 1.82) is 0 Å². The molecule has 0 atom stereocenters. The van der Waals surface area contributed by atoms with Gasteiger partial charge in [0.15, 0.2) is 11.5 Å². The number of imide groups is 1. The van der Waals surface area contributed by atoms with E-state index >= 15 is 0 Å². The van der Waals surface area contributed by atoms with E-state index < -0.39 is 6.03 Å². The number of carbonyl (C=O) groups excluding carboxylic acids is 2. The summed E-state index contributed by atoms with van der Waals surface area (Å²) in [4.78, 5) is 26.3. The number of ether oxygens (including phenoxy) is 2. The van der Waals surface area contributed by atoms with Crippen LogP contribution in [0.15, 0.2) is 46.6 Å². The van der Waals surface area contributed by atoms with Gasteiger partial charge >= 0.3 is 6.03 Å². The number of rotatable bonds is 6. The Kier molecular flexibility index (Phi) is 6.27. The maximum atomic E-state index is 12.8. The summed E-state index contributed by atoms with van der Waals surface area (Å²) < 4.78 is 11.9. The lowest BCUT2D eigenvalue weighted by atomic mass is 10.1. The van der Waals surface area contributed by atoms with Crippen LogP contribution in [0, 0.1) is 6.92 Å². The highest BCUT2D eigenvalue weighted by Crippen LogP contribution is 2.38. The molecule has 1 fully saturated rings. The average Bonchev–Trinajstić information content (AvgIpc) is 2.91. The van der Waals surface area contributed by atoms with Crippen molar-refractivity contribution in [3.63, 3.8) is 0 Å². The van der Waals surface area contributed by atoms with Gasteiger partial charge in [-0.2, -0.15) is 0 Å². The van der Waals surface area contributed by atoms with E-state index in [1.807, 2.05) is 51.1 Å². The van der Waals surface area contributed by atoms with Gasteiger partial charge in [0, 0.05) is 0 Å². The van der Waals surface area contributed by atoms with Crippen molar-refractivity contribution >= 4 is 33.9 Å². The van der Waals surface area contributed by atoms with E-state index in [-0.39, 0.29) is 24.3 Å². The molecule has 1 aliphatic rings. The molecule has 3 amide bonds. The number of benzene rings is 2. The van der Waals surface area contributed by atoms with E-state index in [0.29, 0.717) is 21.5 Å². The molecular weight excluding hydrogens is 436 g/mol. The number of hydrogen-bond donors (Lipinski definition) is 1. The van der Waals surface area contributed by atoms with Crippen molar-refractivity contribution < 1.29 is 19.1 Å². The molecule has 0 unspecified atom stereocenters. The first-order valence-electron chi connectivity index (χ1n) is 9.22. The van der Waals surface area contributed by atoms with Gasteiger partial charge in [-0.25, -0.2) is 4.79 Å². The third kappa shape index (κ3) is 4.79. The fourth-order valence-electron chi connectivity index (χ4n) is 3.05. The molecule has 152 valence electrons. The number of urea groups is 1. The Morgan fingerprint density at radius 3 is 2.62 bits per heavy atom. The van der Waals surface area contributed by atoms with Crippen LogP contribution in [0.2, 0.25) is 0 Å². The molecule has 6 nitrogen and oxygen atoms in total. The molecule has 3 rings (SSSR count). The van der Waals surface area contributed by atoms with Crippen molar-refractivity contribution in [3.05, 3.63) is 63.3 Å². The Labute approximate surface area is 178 Å². The van der Waals surface area contributed by atoms with E-state index in [1.165, 1.54) is 4.90 Å². The predicted octanol–water partition coefficient (Wildman–Crippen LogP) is 4.65. The summed E-state index contributed by atoms with van der Waals surface area (Å²) in [7, 11) is 1.55. The highest BCUT2D eigenvalue weighted by Gasteiger charge is 2.33. The third-order valence-corrected chi connectivity index (χ3v) is 4.89. The Morgan fingerprint density at radius 2 is 1.97 bits per heavy atom. The van der Waals surface area contributed by atoms with Crippen molar-refractivity contribution in [2.75, 3.05) is 7.11 Å². The molecule has 0 radical (unpaired) electrons. The summed E-state index contributed by atoms with van der Waals surface area (Å²) in [5.41, 5.74) is 2.89. The summed E-state index contributed by atoms with van der Waals surface area (Å²) in [6.07, 6.45) is 1.61. The molecule has 29 heavy (non-hydrogen) atoms. The van der Waals surface area contributed by atoms with Crippen LogP contribution in [-0.4, -0.2) is 30.1 Å². The van der Waals surface area contributed by atoms with Crippen LogP contribution in [0.25, 0.3) is 6.08 Å². The lowest BCUT2D eigenvalue weighted by Crippen LogP contribution is -2.30. The van der Waals surface area contributed by atoms with Crippen LogP contribution in [0.3, 0.4) is 0 Å². The van der Waals surface area contributed by atoms with Crippen molar-refractivity contribution in [2.45, 2.75) is 33.4 Å². The van der Waals surface area contributed by atoms with Crippen LogP contribution in [0.4, 0.5) is 4.79 Å². The molecule has 0 spiro atoms. The smallest absolute Gasteiger partial charge is 0.329 e. The van der Waals surface area contributed by atoms with Crippen LogP contribution < -0.4 is 14.8 Å². The van der Waals surface area contributed by atoms with E-state index in [1.54, 1.807) is 19.3 Å². The molecule has 2 aromatic carbocycles. The highest BCUT2D eigenvalue weighted by atomic mass is 79.9. The summed E-state index contributed by atoms with van der Waals surface area (Å²) in [5.74, 6) is 0.759. The molecule has 0 aromatic heterocycles. The molecule has 7 heteroatoms. The zero-order chi connectivity index (χ0) is 21.1. The second-order valence-corrected chi connectivity index (χ2v) is 7.92. The van der Waals surface area contributed by atoms with Gasteiger partial charge in [0.25, 0.3) is 5.91 Å². The first-order valence-corrected chi connectivity index (χ1v) is 10.0. The molecule has 1 aliphatic heterocycles. The van der Waals surface area contributed by atoms with Gasteiger partial charge in [0.05, 0.1) is 24.2 Å². The van der Waals surface area contributed by atoms with Crippen LogP contribution in [0.5, 0.6) is 11.5 Å². The molecule has 0 aliphatic carbocycles. The lowest BCUT2D eigenvalue weighted by Gasteiger charge is -2.16. The van der Waals surface area contributed by atoms with Gasteiger partial charge in [0.1, 0.15) is 5.70 Å². The number of methoxy groups -OCH3 is 1. The molecule has 1 saturated heterocycles. The number of halogens is 1. The minimum atomic E-state index is -0.437. The van der Waals surface area contributed by atoms with E-state index in [2.05, 4.69) is 21.2 Å². The lowest BCUT2D eigenvalue weighted by molar-refractivity contribution is -0.123. The zero-order valence-electron chi connectivity index (χ0n) is 16.8. The van der Waals surface area contributed by atoms with Gasteiger partial charge in [-0.1, -0.05) is 29.8 Å². The van der Waals surface area contributed by atoms with E-state index in [9.17, 15) is 9.59 Å². The zero-order valence-corrected chi connectivity index (χ0v) is 18.4. The minimum Gasteiger partial charge on any atom is -0.493 e. The maximum absolute atomic E-state index is 12.8. The molecule has 1 heterocycles. The number of carbonyl (C=O) groups is 2. The Hall–Kier alpha value is -2.80. The molecule has 0 bridgehead atoms. The van der Waals surface area contributed by atoms with Gasteiger partial charge in [0.2, 0.25) is 0 Å². The van der Waals surface area contributed by atoms with Crippen LogP contribution >= 0.6 is 15.9 Å². The number of aryl methyl sites for hydroxylation is 1. The molecule has 0 saturated carbocycles. The van der Waals surface area contributed by atoms with Crippen molar-refractivity contribution in [2.24, 2.45) is 0 Å². The summed E-state index contributed by atoms with van der Waals surface area (Å²) >= 11 is 3.49. The number of nitrogens with one attached hydrogen (secondary N) is 1. The number of nitrogens with zero attached hydrogens (tertiary/aromatic N) is 1. The Morgan fingerprint density at radius 1 is 1.21 bits per heavy atom. The fourth-order valence-corrected chi connectivity index (χ4v) is 3.60. The summed E-state index contributed by atoms with van der Waals surface area (Å²) in [6.45, 7) is 6.05. The largest absolute Gasteiger partial charge is 0.493 e. The van der Waals surface area contributed by atoms with Gasteiger partial charge in [-0.15, -0.1) is 0 Å². The normalized spacial score (nSPS) is 15.2. The monoisotopic (exact) mass is 458 g/mol. The summed E-state index contributed by atoms with van der Waals surface area (Å²) in [5, 5.41) is 2.65. The second kappa shape index (κ2) is 8.69. The second-order valence-electron chi connectivity index (χ2n) is 7.07. The van der Waals surface area contributed by atoms with Crippen molar-refractivity contribution in [3.8, 4) is 11.5 Å². The maximum Gasteiger partial charge on any atom is 0.329 e. The molecule has 2 aromatic rings. The van der Waals surface area contributed by atoms with E-state index in [4.69, 9.17) is 9.47 Å². The summed E-state index contributed by atoms with van der Waals surface area (Å²) in [6, 6.07) is 10.9. The Balaban J connectivity index is 1.86. The number of amides is 3. The van der Waals surface area contributed by atoms with Gasteiger partial charge in [-0.05, 0) is 66.0 Å². The topological polar surface area (TPSA) is 67.9 Å². The first-order chi connectivity index (χ1) is 13.8. The van der Waals surface area contributed by atoms with Gasteiger partial charge in [-0.3, -0.25) is 9.69 Å². The van der Waals surface area contributed by atoms with Crippen LogP contribution in [-0.2, 0) is 11.3 Å². The fraction of sp³-hybridized carbons (Fsp3) is 0.273. The van der Waals surface area contributed by atoms with Crippen LogP contribution in [0.1, 0.15) is 30.5 Å². The predicted molar refractivity (Wildman–Crippen MR) is 115 cm³/mol. The standard InChI is InChI=1S/C22H23BrN2O4/c1-13(2)29-20-17(23)9-16(11-19(20)28-4)10-18-21(26)25(22(27)24-18)12-15-7-5-6-14(3)8-15/h5-11,13H,12H2,1-4H3,(H,24,27)/b18-10+.